The molecule has 2 heterocycles. The summed E-state index contributed by atoms with van der Waals surface area (Å²) in [5.41, 5.74) is 0.927. The van der Waals surface area contributed by atoms with Gasteiger partial charge in [0, 0.05) is 35.9 Å². The standard InChI is InChI=1S/C17H19N5O2S/c1-11(2)15-19-14(24-21-15)10-6-9-13(23)18-17-20-16(22-25-17)12-7-4-3-5-8-12/h3-5,7-8,11H,6,9-10H2,1-2H3,(H,18,20,22,23). The predicted octanol–water partition coefficient (Wildman–Crippen LogP) is 3.67. The van der Waals surface area contributed by atoms with Crippen LogP contribution in [0.4, 0.5) is 5.13 Å². The van der Waals surface area contributed by atoms with Gasteiger partial charge < -0.3 is 9.84 Å². The van der Waals surface area contributed by atoms with Crippen molar-refractivity contribution in [1.82, 2.24) is 19.5 Å². The molecule has 1 N–H and O–H groups in total. The highest BCUT2D eigenvalue weighted by Gasteiger charge is 2.12. The summed E-state index contributed by atoms with van der Waals surface area (Å²) in [6, 6.07) is 9.66. The van der Waals surface area contributed by atoms with Crippen LogP contribution in [0, 0.1) is 0 Å². The molecule has 0 radical (unpaired) electrons. The van der Waals surface area contributed by atoms with Crippen LogP contribution in [0.15, 0.2) is 34.9 Å². The molecule has 2 aromatic heterocycles. The molecule has 0 bridgehead atoms. The van der Waals surface area contributed by atoms with Gasteiger partial charge in [-0.2, -0.15) is 14.3 Å². The first kappa shape index (κ1) is 17.2. The number of amides is 1. The number of nitrogens with one attached hydrogen (secondary N) is 1. The number of carbonyl (C=O) groups is 1. The van der Waals surface area contributed by atoms with Gasteiger partial charge in [-0.05, 0) is 6.42 Å². The second-order valence-electron chi connectivity index (χ2n) is 5.89. The molecule has 0 saturated heterocycles. The Bertz CT molecular complexity index is 828. The predicted molar refractivity (Wildman–Crippen MR) is 95.3 cm³/mol. The van der Waals surface area contributed by atoms with E-state index in [0.717, 1.165) is 5.56 Å². The molecule has 130 valence electrons. The van der Waals surface area contributed by atoms with E-state index in [1.807, 2.05) is 44.2 Å². The van der Waals surface area contributed by atoms with E-state index < -0.39 is 0 Å². The van der Waals surface area contributed by atoms with Gasteiger partial charge in [-0.15, -0.1) is 0 Å². The second-order valence-corrected chi connectivity index (χ2v) is 6.64. The largest absolute Gasteiger partial charge is 0.339 e. The van der Waals surface area contributed by atoms with Crippen LogP contribution in [0.25, 0.3) is 11.4 Å². The highest BCUT2D eigenvalue weighted by atomic mass is 32.1. The summed E-state index contributed by atoms with van der Waals surface area (Å²) in [4.78, 5) is 20.7. The Kier molecular flexibility index (Phi) is 5.49. The van der Waals surface area contributed by atoms with Crippen LogP contribution in [0.3, 0.4) is 0 Å². The number of aryl methyl sites for hydroxylation is 1. The third-order valence-corrected chi connectivity index (χ3v) is 4.13. The topological polar surface area (TPSA) is 93.8 Å². The van der Waals surface area contributed by atoms with E-state index in [2.05, 4.69) is 24.8 Å². The Morgan fingerprint density at radius 3 is 2.76 bits per heavy atom. The van der Waals surface area contributed by atoms with Crippen molar-refractivity contribution < 1.29 is 9.32 Å². The first-order chi connectivity index (χ1) is 12.1. The van der Waals surface area contributed by atoms with E-state index in [4.69, 9.17) is 4.52 Å². The van der Waals surface area contributed by atoms with Gasteiger partial charge in [-0.3, -0.25) is 4.79 Å². The summed E-state index contributed by atoms with van der Waals surface area (Å²) < 4.78 is 9.43. The Hall–Kier alpha value is -2.61. The Morgan fingerprint density at radius 2 is 2.04 bits per heavy atom. The fourth-order valence-electron chi connectivity index (χ4n) is 2.16. The zero-order valence-electron chi connectivity index (χ0n) is 14.1. The van der Waals surface area contributed by atoms with Gasteiger partial charge in [-0.1, -0.05) is 49.3 Å². The lowest BCUT2D eigenvalue weighted by Gasteiger charge is -1.99. The Labute approximate surface area is 149 Å². The third kappa shape index (κ3) is 4.69. The van der Waals surface area contributed by atoms with Crippen LogP contribution in [-0.4, -0.2) is 25.4 Å². The number of aromatic nitrogens is 4. The van der Waals surface area contributed by atoms with Gasteiger partial charge in [-0.25, -0.2) is 0 Å². The molecule has 8 heteroatoms. The maximum atomic E-state index is 12.0. The molecule has 1 amide bonds. The van der Waals surface area contributed by atoms with Crippen LogP contribution in [0.2, 0.25) is 0 Å². The number of benzene rings is 1. The highest BCUT2D eigenvalue weighted by molar-refractivity contribution is 7.10. The summed E-state index contributed by atoms with van der Waals surface area (Å²) >= 11 is 1.18. The van der Waals surface area contributed by atoms with Crippen LogP contribution < -0.4 is 5.32 Å². The minimum atomic E-state index is -0.0978. The molecule has 3 aromatic rings. The molecule has 0 aliphatic heterocycles. The minimum Gasteiger partial charge on any atom is -0.339 e. The zero-order valence-corrected chi connectivity index (χ0v) is 14.9. The van der Waals surface area contributed by atoms with Gasteiger partial charge in [0.15, 0.2) is 11.6 Å². The van der Waals surface area contributed by atoms with Gasteiger partial charge in [0.05, 0.1) is 0 Å². The molecule has 0 saturated carbocycles. The Morgan fingerprint density at radius 1 is 1.24 bits per heavy atom. The molecule has 0 spiro atoms. The molecule has 1 aromatic carbocycles. The van der Waals surface area contributed by atoms with Gasteiger partial charge in [0.25, 0.3) is 0 Å². The number of rotatable bonds is 7. The molecule has 3 rings (SSSR count). The van der Waals surface area contributed by atoms with Gasteiger partial charge >= 0.3 is 0 Å². The van der Waals surface area contributed by atoms with E-state index in [0.29, 0.717) is 41.9 Å². The van der Waals surface area contributed by atoms with Gasteiger partial charge in [0.2, 0.25) is 16.9 Å². The monoisotopic (exact) mass is 357 g/mol. The van der Waals surface area contributed by atoms with Crippen molar-refractivity contribution in [3.63, 3.8) is 0 Å². The minimum absolute atomic E-state index is 0.0978. The molecule has 0 aliphatic carbocycles. The SMILES string of the molecule is CC(C)c1noc(CCCC(=O)Nc2nc(-c3ccccc3)ns2)n1. The summed E-state index contributed by atoms with van der Waals surface area (Å²) in [6.45, 7) is 4.02. The maximum Gasteiger partial charge on any atom is 0.226 e. The number of carbonyl (C=O) groups excluding carboxylic acids is 1. The van der Waals surface area contributed by atoms with Gasteiger partial charge in [0.1, 0.15) is 0 Å². The average molecular weight is 357 g/mol. The lowest BCUT2D eigenvalue weighted by Crippen LogP contribution is -2.11. The second kappa shape index (κ2) is 7.98. The van der Waals surface area contributed by atoms with E-state index in [-0.39, 0.29) is 11.8 Å². The summed E-state index contributed by atoms with van der Waals surface area (Å²) in [5, 5.41) is 7.19. The highest BCUT2D eigenvalue weighted by Crippen LogP contribution is 2.21. The smallest absolute Gasteiger partial charge is 0.226 e. The fourth-order valence-corrected chi connectivity index (χ4v) is 2.77. The van der Waals surface area contributed by atoms with Crippen molar-refractivity contribution in [3.8, 4) is 11.4 Å². The van der Waals surface area contributed by atoms with E-state index in [1.165, 1.54) is 11.5 Å². The molecule has 0 unspecified atom stereocenters. The molecule has 0 fully saturated rings. The quantitative estimate of drug-likeness (QED) is 0.693. The number of hydrogen-bond acceptors (Lipinski definition) is 7. The van der Waals surface area contributed by atoms with E-state index in [9.17, 15) is 4.79 Å². The third-order valence-electron chi connectivity index (χ3n) is 3.50. The average Bonchev–Trinajstić information content (AvgIpc) is 3.25. The van der Waals surface area contributed by atoms with Crippen LogP contribution in [0.5, 0.6) is 0 Å². The first-order valence-electron chi connectivity index (χ1n) is 8.13. The van der Waals surface area contributed by atoms with Crippen LogP contribution in [0.1, 0.15) is 44.3 Å². The molecule has 25 heavy (non-hydrogen) atoms. The van der Waals surface area contributed by atoms with Crippen molar-refractivity contribution >= 4 is 22.6 Å². The molecule has 7 nitrogen and oxygen atoms in total. The molecule has 0 aliphatic rings. The van der Waals surface area contributed by atoms with Crippen LogP contribution >= 0.6 is 11.5 Å². The lowest BCUT2D eigenvalue weighted by molar-refractivity contribution is -0.116. The molecule has 0 atom stereocenters. The van der Waals surface area contributed by atoms with Crippen LogP contribution in [-0.2, 0) is 11.2 Å². The van der Waals surface area contributed by atoms with E-state index in [1.54, 1.807) is 0 Å². The normalized spacial score (nSPS) is 11.0. The summed E-state index contributed by atoms with van der Waals surface area (Å²) in [5.74, 6) is 2.02. The fraction of sp³-hybridized carbons (Fsp3) is 0.353. The number of anilines is 1. The van der Waals surface area contributed by atoms with Crippen molar-refractivity contribution in [1.29, 1.82) is 0 Å². The summed E-state index contributed by atoms with van der Waals surface area (Å²) in [6.07, 6.45) is 1.58. The molecular formula is C17H19N5O2S. The lowest BCUT2D eigenvalue weighted by atomic mass is 10.2. The van der Waals surface area contributed by atoms with Crippen molar-refractivity contribution in [2.45, 2.75) is 39.0 Å². The zero-order chi connectivity index (χ0) is 17.6. The number of nitrogens with zero attached hydrogens (tertiary/aromatic N) is 4. The number of hydrogen-bond donors (Lipinski definition) is 1. The maximum absolute atomic E-state index is 12.0. The van der Waals surface area contributed by atoms with Crippen molar-refractivity contribution in [2.24, 2.45) is 0 Å². The van der Waals surface area contributed by atoms with E-state index >= 15 is 0 Å². The summed E-state index contributed by atoms with van der Waals surface area (Å²) in [7, 11) is 0. The first-order valence-corrected chi connectivity index (χ1v) is 8.90. The van der Waals surface area contributed by atoms with Crippen molar-refractivity contribution in [3.05, 3.63) is 42.0 Å². The molecular weight excluding hydrogens is 338 g/mol. The van der Waals surface area contributed by atoms with Crippen molar-refractivity contribution in [2.75, 3.05) is 5.32 Å². The Balaban J connectivity index is 1.47.